The number of imide groups is 1. The summed E-state index contributed by atoms with van der Waals surface area (Å²) in [5.74, 6) is -2.63. The van der Waals surface area contributed by atoms with Crippen molar-refractivity contribution in [2.24, 2.45) is 0 Å². The van der Waals surface area contributed by atoms with Crippen molar-refractivity contribution in [3.05, 3.63) is 129 Å². The Morgan fingerprint density at radius 3 is 2.11 bits per heavy atom. The smallest absolute Gasteiger partial charge is 0.338 e. The van der Waals surface area contributed by atoms with Gasteiger partial charge in [-0.25, -0.2) is 9.69 Å². The molecule has 0 atom stereocenters. The molecule has 1 heterocycles. The molecular formula is C29H18N2O7. The number of amides is 2. The molecule has 1 aliphatic heterocycles. The Labute approximate surface area is 216 Å². The van der Waals surface area contributed by atoms with Crippen LogP contribution in [0, 0.1) is 10.1 Å². The molecule has 5 rings (SSSR count). The lowest BCUT2D eigenvalue weighted by Crippen LogP contribution is -2.29. The summed E-state index contributed by atoms with van der Waals surface area (Å²) < 4.78 is 5.16. The lowest BCUT2D eigenvalue weighted by Gasteiger charge is -2.13. The number of ether oxygens (including phenoxy) is 1. The first-order valence-electron chi connectivity index (χ1n) is 11.5. The molecular weight excluding hydrogens is 488 g/mol. The number of benzene rings is 4. The number of nitro groups is 1. The van der Waals surface area contributed by atoms with E-state index in [1.807, 2.05) is 30.3 Å². The van der Waals surface area contributed by atoms with Gasteiger partial charge in [0.1, 0.15) is 0 Å². The highest BCUT2D eigenvalue weighted by molar-refractivity contribution is 6.34. The van der Waals surface area contributed by atoms with Gasteiger partial charge < -0.3 is 4.74 Å². The minimum Gasteiger partial charge on any atom is -0.454 e. The second kappa shape index (κ2) is 9.90. The van der Waals surface area contributed by atoms with Crippen LogP contribution in [0.15, 0.2) is 97.1 Å². The van der Waals surface area contributed by atoms with Gasteiger partial charge >= 0.3 is 5.97 Å². The van der Waals surface area contributed by atoms with Gasteiger partial charge in [-0.1, -0.05) is 60.7 Å². The van der Waals surface area contributed by atoms with Gasteiger partial charge in [0, 0.05) is 17.7 Å². The molecule has 0 unspecified atom stereocenters. The minimum absolute atomic E-state index is 0.0157. The summed E-state index contributed by atoms with van der Waals surface area (Å²) in [7, 11) is 0. The van der Waals surface area contributed by atoms with E-state index in [0.29, 0.717) is 5.56 Å². The number of fused-ring (bicyclic) bond motifs is 1. The van der Waals surface area contributed by atoms with E-state index in [1.165, 1.54) is 36.4 Å². The monoisotopic (exact) mass is 506 g/mol. The average Bonchev–Trinajstić information content (AvgIpc) is 3.20. The summed E-state index contributed by atoms with van der Waals surface area (Å²) in [4.78, 5) is 62.2. The number of nitro benzene ring substituents is 1. The summed E-state index contributed by atoms with van der Waals surface area (Å²) in [6, 6.07) is 25.6. The summed E-state index contributed by atoms with van der Waals surface area (Å²) in [5, 5.41) is 11.1. The van der Waals surface area contributed by atoms with E-state index in [9.17, 15) is 29.3 Å². The Bertz CT molecular complexity index is 1610. The Kier molecular flexibility index (Phi) is 6.32. The second-order valence-electron chi connectivity index (χ2n) is 8.43. The Balaban J connectivity index is 1.27. The SMILES string of the molecule is O=C(COC(=O)c1ccc2c(c1)C(=O)N(c1cccc([N+](=O)[O-])c1)C2=O)c1ccc(-c2ccccc2)cc1. The molecule has 9 heteroatoms. The van der Waals surface area contributed by atoms with Crippen LogP contribution in [-0.2, 0) is 4.74 Å². The molecule has 0 spiro atoms. The molecule has 0 aromatic heterocycles. The molecule has 0 saturated heterocycles. The van der Waals surface area contributed by atoms with Crippen molar-refractivity contribution in [2.75, 3.05) is 11.5 Å². The molecule has 9 nitrogen and oxygen atoms in total. The number of carbonyl (C=O) groups is 4. The first-order valence-corrected chi connectivity index (χ1v) is 11.5. The van der Waals surface area contributed by atoms with Crippen molar-refractivity contribution in [3.63, 3.8) is 0 Å². The highest BCUT2D eigenvalue weighted by Gasteiger charge is 2.37. The lowest BCUT2D eigenvalue weighted by molar-refractivity contribution is -0.384. The number of nitrogens with zero attached hydrogens (tertiary/aromatic N) is 2. The standard InChI is InChI=1S/C29H18N2O7/c32-26(20-11-9-19(10-12-20)18-5-2-1-3-6-18)17-38-29(35)21-13-14-24-25(15-21)28(34)30(27(24)33)22-7-4-8-23(16-22)31(36)37/h1-16H,17H2. The number of carbonyl (C=O) groups excluding carboxylic acids is 4. The topological polar surface area (TPSA) is 124 Å². The zero-order chi connectivity index (χ0) is 26.8. The molecule has 0 N–H and O–H groups in total. The highest BCUT2D eigenvalue weighted by Crippen LogP contribution is 2.31. The van der Waals surface area contributed by atoms with E-state index in [4.69, 9.17) is 4.74 Å². The van der Waals surface area contributed by atoms with E-state index in [1.54, 1.807) is 24.3 Å². The number of hydrogen-bond acceptors (Lipinski definition) is 7. The third-order valence-electron chi connectivity index (χ3n) is 6.07. The lowest BCUT2D eigenvalue weighted by atomic mass is 10.0. The number of esters is 1. The highest BCUT2D eigenvalue weighted by atomic mass is 16.6. The normalized spacial score (nSPS) is 12.3. The fraction of sp³-hybridized carbons (Fsp3) is 0.0345. The summed E-state index contributed by atoms with van der Waals surface area (Å²) in [6.45, 7) is -0.507. The predicted molar refractivity (Wildman–Crippen MR) is 137 cm³/mol. The van der Waals surface area contributed by atoms with E-state index in [-0.39, 0.29) is 28.1 Å². The number of hydrogen-bond donors (Lipinski definition) is 0. The van der Waals surface area contributed by atoms with Crippen molar-refractivity contribution >= 4 is 34.9 Å². The van der Waals surface area contributed by atoms with Crippen LogP contribution in [-0.4, -0.2) is 35.1 Å². The third-order valence-corrected chi connectivity index (χ3v) is 6.07. The van der Waals surface area contributed by atoms with E-state index in [0.717, 1.165) is 22.1 Å². The van der Waals surface area contributed by atoms with Gasteiger partial charge in [0.15, 0.2) is 12.4 Å². The number of rotatable bonds is 7. The summed E-state index contributed by atoms with van der Waals surface area (Å²) in [6.07, 6.45) is 0. The van der Waals surface area contributed by atoms with Crippen LogP contribution in [0.5, 0.6) is 0 Å². The Morgan fingerprint density at radius 1 is 0.737 bits per heavy atom. The molecule has 0 radical (unpaired) electrons. The molecule has 0 bridgehead atoms. The zero-order valence-corrected chi connectivity index (χ0v) is 19.7. The number of Topliss-reactive ketones (excluding diaryl/α,β-unsaturated/α-hetero) is 1. The molecule has 0 saturated carbocycles. The van der Waals surface area contributed by atoms with E-state index < -0.39 is 35.1 Å². The second-order valence-corrected chi connectivity index (χ2v) is 8.43. The molecule has 0 aliphatic carbocycles. The fourth-order valence-corrected chi connectivity index (χ4v) is 4.12. The van der Waals surface area contributed by atoms with Gasteiger partial charge in [-0.2, -0.15) is 0 Å². The van der Waals surface area contributed by atoms with Crippen molar-refractivity contribution in [1.29, 1.82) is 0 Å². The maximum atomic E-state index is 13.0. The predicted octanol–water partition coefficient (Wildman–Crippen LogP) is 5.10. The van der Waals surface area contributed by atoms with Gasteiger partial charge in [0.2, 0.25) is 0 Å². The van der Waals surface area contributed by atoms with Gasteiger partial charge in [0.25, 0.3) is 17.5 Å². The Morgan fingerprint density at radius 2 is 1.39 bits per heavy atom. The van der Waals surface area contributed by atoms with Crippen LogP contribution in [0.3, 0.4) is 0 Å². The number of anilines is 1. The van der Waals surface area contributed by atoms with Crippen LogP contribution >= 0.6 is 0 Å². The largest absolute Gasteiger partial charge is 0.454 e. The molecule has 186 valence electrons. The van der Waals surface area contributed by atoms with Crippen LogP contribution in [0.1, 0.15) is 41.4 Å². The zero-order valence-electron chi connectivity index (χ0n) is 19.7. The van der Waals surface area contributed by atoms with Crippen LogP contribution in [0.2, 0.25) is 0 Å². The van der Waals surface area contributed by atoms with Crippen molar-refractivity contribution < 1.29 is 28.8 Å². The van der Waals surface area contributed by atoms with Crippen molar-refractivity contribution in [1.82, 2.24) is 0 Å². The van der Waals surface area contributed by atoms with Crippen molar-refractivity contribution in [3.8, 4) is 11.1 Å². The van der Waals surface area contributed by atoms with E-state index in [2.05, 4.69) is 0 Å². The van der Waals surface area contributed by atoms with Gasteiger partial charge in [-0.05, 0) is 35.4 Å². The van der Waals surface area contributed by atoms with Gasteiger partial charge in [-0.3, -0.25) is 24.5 Å². The van der Waals surface area contributed by atoms with E-state index >= 15 is 0 Å². The van der Waals surface area contributed by atoms with Crippen LogP contribution < -0.4 is 4.90 Å². The van der Waals surface area contributed by atoms with Gasteiger partial charge in [-0.15, -0.1) is 0 Å². The molecule has 1 aliphatic rings. The molecule has 4 aromatic carbocycles. The molecule has 4 aromatic rings. The number of non-ortho nitro benzene ring substituents is 1. The maximum Gasteiger partial charge on any atom is 0.338 e. The first kappa shape index (κ1) is 24.3. The molecule has 2 amide bonds. The average molecular weight is 506 g/mol. The first-order chi connectivity index (χ1) is 18.3. The third kappa shape index (κ3) is 4.56. The van der Waals surface area contributed by atoms with Crippen molar-refractivity contribution in [2.45, 2.75) is 0 Å². The quantitative estimate of drug-likeness (QED) is 0.112. The minimum atomic E-state index is -0.837. The molecule has 38 heavy (non-hydrogen) atoms. The maximum absolute atomic E-state index is 13.0. The Hall–Kier alpha value is -5.44. The summed E-state index contributed by atoms with van der Waals surface area (Å²) >= 11 is 0. The molecule has 0 fully saturated rings. The van der Waals surface area contributed by atoms with Crippen LogP contribution in [0.25, 0.3) is 11.1 Å². The number of ketones is 1. The van der Waals surface area contributed by atoms with Gasteiger partial charge in [0.05, 0.1) is 27.3 Å². The summed E-state index contributed by atoms with van der Waals surface area (Å²) in [5.41, 5.74) is 2.08. The fourth-order valence-electron chi connectivity index (χ4n) is 4.12. The van der Waals surface area contributed by atoms with Crippen LogP contribution in [0.4, 0.5) is 11.4 Å².